The quantitative estimate of drug-likeness (QED) is 0.237. The first-order valence-electron chi connectivity index (χ1n) is 14.8. The maximum atomic E-state index is 14.3. The van der Waals surface area contributed by atoms with Crippen LogP contribution in [0.1, 0.15) is 84.5 Å². The highest BCUT2D eigenvalue weighted by molar-refractivity contribution is 5.75. The van der Waals surface area contributed by atoms with E-state index in [1.807, 2.05) is 12.1 Å². The fraction of sp³-hybridized carbons (Fsp3) is 0.382. The molecule has 228 valence electrons. The predicted molar refractivity (Wildman–Crippen MR) is 156 cm³/mol. The van der Waals surface area contributed by atoms with Crippen LogP contribution in [0, 0.1) is 5.92 Å². The Kier molecular flexibility index (Phi) is 6.62. The average Bonchev–Trinajstić information content (AvgIpc) is 3.29. The number of carboxylic acid groups (broad SMARTS) is 1. The number of rotatable bonds is 7. The van der Waals surface area contributed by atoms with Crippen molar-refractivity contribution in [2.45, 2.75) is 69.1 Å². The van der Waals surface area contributed by atoms with Crippen LogP contribution in [0.25, 0.3) is 16.8 Å². The van der Waals surface area contributed by atoms with Crippen molar-refractivity contribution in [1.29, 1.82) is 0 Å². The second kappa shape index (κ2) is 10.2. The monoisotopic (exact) mass is 603 g/mol. The number of nitrogens with zero attached hydrogens (tertiary/aromatic N) is 3. The van der Waals surface area contributed by atoms with Crippen LogP contribution in [0.3, 0.4) is 0 Å². The Morgan fingerprint density at radius 2 is 1.80 bits per heavy atom. The minimum Gasteiger partial charge on any atom is -0.493 e. The molecule has 2 aliphatic carbocycles. The Morgan fingerprint density at radius 3 is 2.48 bits per heavy atom. The van der Waals surface area contributed by atoms with Crippen LogP contribution in [0.5, 0.6) is 5.75 Å². The van der Waals surface area contributed by atoms with Crippen molar-refractivity contribution in [1.82, 2.24) is 14.8 Å². The van der Waals surface area contributed by atoms with Crippen molar-refractivity contribution in [3.8, 4) is 22.6 Å². The third-order valence-corrected chi connectivity index (χ3v) is 9.34. The highest BCUT2D eigenvalue weighted by Crippen LogP contribution is 2.60. The summed E-state index contributed by atoms with van der Waals surface area (Å²) >= 11 is 0. The Labute approximate surface area is 252 Å². The van der Waals surface area contributed by atoms with Crippen molar-refractivity contribution < 1.29 is 32.9 Å². The molecule has 3 aromatic carbocycles. The number of aliphatic hydroxyl groups is 1. The summed E-state index contributed by atoms with van der Waals surface area (Å²) in [6.45, 7) is 3.53. The lowest BCUT2D eigenvalue weighted by molar-refractivity contribution is -0.138. The number of carbonyl (C=O) groups is 1. The molecule has 0 radical (unpaired) electrons. The van der Waals surface area contributed by atoms with E-state index in [-0.39, 0.29) is 29.6 Å². The summed E-state index contributed by atoms with van der Waals surface area (Å²) in [7, 11) is 0. The lowest BCUT2D eigenvalue weighted by Gasteiger charge is -2.19. The highest BCUT2D eigenvalue weighted by atomic mass is 19.4. The number of halogens is 3. The molecule has 4 unspecified atom stereocenters. The fourth-order valence-corrected chi connectivity index (χ4v) is 7.14. The van der Waals surface area contributed by atoms with E-state index in [1.54, 1.807) is 44.2 Å². The van der Waals surface area contributed by atoms with E-state index in [0.29, 0.717) is 36.1 Å². The van der Waals surface area contributed by atoms with Crippen LogP contribution in [-0.4, -0.2) is 37.6 Å². The molecule has 1 fully saturated rings. The van der Waals surface area contributed by atoms with Gasteiger partial charge in [-0.15, -0.1) is 5.10 Å². The maximum Gasteiger partial charge on any atom is 0.417 e. The van der Waals surface area contributed by atoms with E-state index in [9.17, 15) is 28.2 Å². The van der Waals surface area contributed by atoms with Crippen molar-refractivity contribution in [3.63, 3.8) is 0 Å². The molecular formula is C34H32F3N3O4. The van der Waals surface area contributed by atoms with Gasteiger partial charge in [-0.1, -0.05) is 30.3 Å². The van der Waals surface area contributed by atoms with Crippen molar-refractivity contribution in [2.75, 3.05) is 6.61 Å². The summed E-state index contributed by atoms with van der Waals surface area (Å²) in [5, 5.41) is 23.7. The van der Waals surface area contributed by atoms with Gasteiger partial charge >= 0.3 is 12.1 Å². The molecule has 0 spiro atoms. The number of fused-ring (bicyclic) bond motifs is 2. The van der Waals surface area contributed by atoms with Crippen LogP contribution >= 0.6 is 0 Å². The van der Waals surface area contributed by atoms with E-state index in [0.717, 1.165) is 40.8 Å². The molecule has 2 N–H and O–H groups in total. The molecule has 7 nitrogen and oxygen atoms in total. The molecule has 4 aromatic rings. The first kappa shape index (κ1) is 28.6. The Bertz CT molecular complexity index is 1760. The van der Waals surface area contributed by atoms with Crippen LogP contribution in [0.2, 0.25) is 0 Å². The SMILES string of the molecule is CC(C)(O)c1ncn(-c2ccc(-c3c(C(F)(F)F)ccc4c3CCC4C3CC3c3ccc4c(c3)OCC4CC(=O)O)cc2)n1. The Hall–Kier alpha value is -4.18. The van der Waals surface area contributed by atoms with Gasteiger partial charge in [-0.3, -0.25) is 4.79 Å². The first-order chi connectivity index (χ1) is 20.9. The summed E-state index contributed by atoms with van der Waals surface area (Å²) in [5.41, 5.74) is 3.36. The molecule has 3 aliphatic rings. The summed E-state index contributed by atoms with van der Waals surface area (Å²) in [6.07, 6.45) is -0.666. The van der Waals surface area contributed by atoms with Gasteiger partial charge in [0.25, 0.3) is 0 Å². The third kappa shape index (κ3) is 5.04. The molecule has 7 rings (SSSR count). The standard InChI is InChI=1S/C34H32F3N3O4/c1-33(2,43)32-38-17-40(39-32)21-6-3-18(4-7-21)31-25-10-9-24(23(25)11-12-28(31)34(35,36)37)27-15-26(27)19-5-8-22-20(14-30(41)42)16-44-29(22)13-19/h3-8,11-13,17,20,24,26-27,43H,9-10,14-16H2,1-2H3,(H,41,42). The molecule has 0 saturated heterocycles. The normalized spacial score (nSPS) is 22.4. The molecule has 1 aliphatic heterocycles. The summed E-state index contributed by atoms with van der Waals surface area (Å²) in [5.74, 6) is 0.784. The highest BCUT2D eigenvalue weighted by Gasteiger charge is 2.48. The third-order valence-electron chi connectivity index (χ3n) is 9.34. The Morgan fingerprint density at radius 1 is 1.05 bits per heavy atom. The van der Waals surface area contributed by atoms with Gasteiger partial charge in [0.05, 0.1) is 24.3 Å². The lowest BCUT2D eigenvalue weighted by Crippen LogP contribution is -2.18. The van der Waals surface area contributed by atoms with Crippen molar-refractivity contribution in [3.05, 3.63) is 94.6 Å². The van der Waals surface area contributed by atoms with E-state index >= 15 is 0 Å². The number of aliphatic carboxylic acids is 1. The van der Waals surface area contributed by atoms with E-state index in [2.05, 4.69) is 16.1 Å². The van der Waals surface area contributed by atoms with Gasteiger partial charge in [-0.05, 0) is 103 Å². The number of benzene rings is 3. The number of carboxylic acids is 1. The van der Waals surface area contributed by atoms with Crippen LogP contribution in [0.4, 0.5) is 13.2 Å². The molecule has 0 bridgehead atoms. The number of alkyl halides is 3. The molecule has 2 heterocycles. The van der Waals surface area contributed by atoms with Gasteiger partial charge in [-0.25, -0.2) is 9.67 Å². The summed E-state index contributed by atoms with van der Waals surface area (Å²) < 4.78 is 50.3. The van der Waals surface area contributed by atoms with Gasteiger partial charge in [0, 0.05) is 11.5 Å². The van der Waals surface area contributed by atoms with Gasteiger partial charge in [-0.2, -0.15) is 13.2 Å². The smallest absolute Gasteiger partial charge is 0.417 e. The topological polar surface area (TPSA) is 97.5 Å². The van der Waals surface area contributed by atoms with Crippen LogP contribution < -0.4 is 4.74 Å². The molecule has 1 aromatic heterocycles. The average molecular weight is 604 g/mol. The van der Waals surface area contributed by atoms with Crippen LogP contribution in [0.15, 0.2) is 60.9 Å². The Balaban J connectivity index is 1.17. The molecule has 10 heteroatoms. The summed E-state index contributed by atoms with van der Waals surface area (Å²) in [4.78, 5) is 15.4. The molecule has 0 amide bonds. The molecule has 4 atom stereocenters. The minimum atomic E-state index is -4.50. The van der Waals surface area contributed by atoms with E-state index in [1.165, 1.54) is 17.1 Å². The van der Waals surface area contributed by atoms with E-state index in [4.69, 9.17) is 4.74 Å². The zero-order valence-electron chi connectivity index (χ0n) is 24.3. The molecule has 44 heavy (non-hydrogen) atoms. The maximum absolute atomic E-state index is 14.3. The molecular weight excluding hydrogens is 571 g/mol. The zero-order chi connectivity index (χ0) is 31.0. The molecule has 1 saturated carbocycles. The number of aromatic nitrogens is 3. The minimum absolute atomic E-state index is 0.0334. The zero-order valence-corrected chi connectivity index (χ0v) is 24.3. The van der Waals surface area contributed by atoms with Gasteiger partial charge in [0.2, 0.25) is 0 Å². The second-order valence-electron chi connectivity index (χ2n) is 12.7. The first-order valence-corrected chi connectivity index (χ1v) is 14.8. The van der Waals surface area contributed by atoms with E-state index < -0.39 is 23.3 Å². The van der Waals surface area contributed by atoms with Gasteiger partial charge in [0.1, 0.15) is 17.7 Å². The van der Waals surface area contributed by atoms with Crippen molar-refractivity contribution in [2.24, 2.45) is 5.92 Å². The number of ether oxygens (including phenoxy) is 1. The summed E-state index contributed by atoms with van der Waals surface area (Å²) in [6, 6.07) is 15.8. The largest absolute Gasteiger partial charge is 0.493 e. The second-order valence-corrected chi connectivity index (χ2v) is 12.7. The van der Waals surface area contributed by atoms with Gasteiger partial charge in [0.15, 0.2) is 5.82 Å². The number of hydrogen-bond acceptors (Lipinski definition) is 5. The van der Waals surface area contributed by atoms with Crippen molar-refractivity contribution >= 4 is 5.97 Å². The lowest BCUT2D eigenvalue weighted by atomic mass is 9.88. The van der Waals surface area contributed by atoms with Gasteiger partial charge < -0.3 is 14.9 Å². The predicted octanol–water partition coefficient (Wildman–Crippen LogP) is 6.96. The van der Waals surface area contributed by atoms with Crippen LogP contribution in [-0.2, 0) is 23.0 Å². The fourth-order valence-electron chi connectivity index (χ4n) is 7.14. The number of hydrogen-bond donors (Lipinski definition) is 2.